The summed E-state index contributed by atoms with van der Waals surface area (Å²) in [6.07, 6.45) is 1.69. The number of benzene rings is 3. The Balaban J connectivity index is 1.46. The lowest BCUT2D eigenvalue weighted by atomic mass is 10.1. The van der Waals surface area contributed by atoms with E-state index >= 15 is 0 Å². The first-order valence-electron chi connectivity index (χ1n) is 9.18. The van der Waals surface area contributed by atoms with Gasteiger partial charge < -0.3 is 14.2 Å². The van der Waals surface area contributed by atoms with Crippen molar-refractivity contribution in [2.24, 2.45) is 0 Å². The van der Waals surface area contributed by atoms with Gasteiger partial charge >= 0.3 is 0 Å². The lowest BCUT2D eigenvalue weighted by Gasteiger charge is -2.07. The Bertz CT molecular complexity index is 1150. The Morgan fingerprint density at radius 2 is 1.77 bits per heavy atom. The molecule has 1 aliphatic rings. The highest BCUT2D eigenvalue weighted by atomic mass is 79.9. The van der Waals surface area contributed by atoms with Crippen molar-refractivity contribution >= 4 is 33.6 Å². The van der Waals surface area contributed by atoms with Crippen LogP contribution in [0.25, 0.3) is 6.08 Å². The molecule has 0 amide bonds. The molecule has 1 heterocycles. The van der Waals surface area contributed by atoms with E-state index in [0.29, 0.717) is 28.4 Å². The van der Waals surface area contributed by atoms with Crippen molar-refractivity contribution in [2.45, 2.75) is 0 Å². The number of ketones is 2. The fourth-order valence-corrected chi connectivity index (χ4v) is 3.40. The predicted octanol–water partition coefficient (Wildman–Crippen LogP) is 5.34. The van der Waals surface area contributed by atoms with Crippen molar-refractivity contribution < 1.29 is 23.8 Å². The van der Waals surface area contributed by atoms with Gasteiger partial charge in [0, 0.05) is 16.1 Å². The standard InChI is InChI=1S/C24H17BrO5/c1-28-17-8-6-15(7-9-17)21(26)14-29-18-10-11-19-22(13-18)30-23(24(19)27)12-16-4-2-3-5-20(16)25/h2-13H,14H2,1H3. The summed E-state index contributed by atoms with van der Waals surface area (Å²) < 4.78 is 17.3. The number of rotatable bonds is 6. The third-order valence-electron chi connectivity index (χ3n) is 4.62. The molecule has 0 fully saturated rings. The van der Waals surface area contributed by atoms with Crippen molar-refractivity contribution in [3.8, 4) is 17.2 Å². The van der Waals surface area contributed by atoms with Crippen LogP contribution < -0.4 is 14.2 Å². The number of hydrogen-bond acceptors (Lipinski definition) is 5. The van der Waals surface area contributed by atoms with Crippen molar-refractivity contribution in [3.05, 3.63) is 93.7 Å². The second-order valence-corrected chi connectivity index (χ2v) is 7.41. The number of hydrogen-bond donors (Lipinski definition) is 0. The van der Waals surface area contributed by atoms with Crippen molar-refractivity contribution in [3.63, 3.8) is 0 Å². The fourth-order valence-electron chi connectivity index (χ4n) is 3.00. The molecule has 0 radical (unpaired) electrons. The Morgan fingerprint density at radius 1 is 1.03 bits per heavy atom. The van der Waals surface area contributed by atoms with Crippen LogP contribution in [0.1, 0.15) is 26.3 Å². The largest absolute Gasteiger partial charge is 0.497 e. The summed E-state index contributed by atoms with van der Waals surface area (Å²) in [5.41, 5.74) is 1.83. The molecule has 3 aromatic rings. The molecule has 0 saturated carbocycles. The van der Waals surface area contributed by atoms with Gasteiger partial charge in [-0.2, -0.15) is 0 Å². The van der Waals surface area contributed by atoms with E-state index in [1.165, 1.54) is 0 Å². The number of halogens is 1. The molecule has 0 atom stereocenters. The number of carbonyl (C=O) groups is 2. The van der Waals surface area contributed by atoms with Crippen LogP contribution in [0.4, 0.5) is 0 Å². The van der Waals surface area contributed by atoms with E-state index in [4.69, 9.17) is 14.2 Å². The van der Waals surface area contributed by atoms with Crippen molar-refractivity contribution in [2.75, 3.05) is 13.7 Å². The monoisotopic (exact) mass is 464 g/mol. The molecule has 0 aliphatic carbocycles. The molecular weight excluding hydrogens is 448 g/mol. The maximum Gasteiger partial charge on any atom is 0.231 e. The summed E-state index contributed by atoms with van der Waals surface area (Å²) in [5, 5.41) is 0. The van der Waals surface area contributed by atoms with Crippen LogP contribution in [0, 0.1) is 0 Å². The summed E-state index contributed by atoms with van der Waals surface area (Å²) in [7, 11) is 1.57. The van der Waals surface area contributed by atoms with Gasteiger partial charge in [-0.1, -0.05) is 34.1 Å². The minimum Gasteiger partial charge on any atom is -0.497 e. The highest BCUT2D eigenvalue weighted by Crippen LogP contribution is 2.35. The quantitative estimate of drug-likeness (QED) is 0.364. The molecule has 0 saturated heterocycles. The zero-order valence-corrected chi connectivity index (χ0v) is 17.6. The van der Waals surface area contributed by atoms with Crippen LogP contribution in [0.2, 0.25) is 0 Å². The number of methoxy groups -OCH3 is 1. The molecule has 6 heteroatoms. The molecule has 0 N–H and O–H groups in total. The summed E-state index contributed by atoms with van der Waals surface area (Å²) in [6, 6.07) is 19.3. The van der Waals surface area contributed by atoms with E-state index in [1.54, 1.807) is 55.7 Å². The highest BCUT2D eigenvalue weighted by molar-refractivity contribution is 9.10. The lowest BCUT2D eigenvalue weighted by Crippen LogP contribution is -2.11. The topological polar surface area (TPSA) is 61.8 Å². The van der Waals surface area contributed by atoms with Gasteiger partial charge in [-0.3, -0.25) is 9.59 Å². The van der Waals surface area contributed by atoms with Crippen LogP contribution in [-0.4, -0.2) is 25.3 Å². The second-order valence-electron chi connectivity index (χ2n) is 6.56. The average Bonchev–Trinajstić information content (AvgIpc) is 3.08. The molecule has 3 aromatic carbocycles. The summed E-state index contributed by atoms with van der Waals surface area (Å²) in [5.74, 6) is 1.42. The van der Waals surface area contributed by atoms with Gasteiger partial charge in [0.15, 0.2) is 18.1 Å². The maximum atomic E-state index is 12.6. The highest BCUT2D eigenvalue weighted by Gasteiger charge is 2.28. The first kappa shape index (κ1) is 19.9. The van der Waals surface area contributed by atoms with E-state index in [0.717, 1.165) is 10.0 Å². The zero-order chi connectivity index (χ0) is 21.1. The number of allylic oxidation sites excluding steroid dienone is 1. The van der Waals surface area contributed by atoms with Gasteiger partial charge in [0.1, 0.15) is 17.2 Å². The SMILES string of the molecule is COc1ccc(C(=O)COc2ccc3c(c2)OC(=Cc2ccccc2Br)C3=O)cc1. The van der Waals surface area contributed by atoms with Gasteiger partial charge in [-0.05, 0) is 54.1 Å². The number of fused-ring (bicyclic) bond motifs is 1. The van der Waals surface area contributed by atoms with E-state index in [1.807, 2.05) is 24.3 Å². The minimum absolute atomic E-state index is 0.126. The van der Waals surface area contributed by atoms with Crippen LogP contribution in [0.5, 0.6) is 17.2 Å². The lowest BCUT2D eigenvalue weighted by molar-refractivity contribution is 0.0921. The molecule has 0 aromatic heterocycles. The van der Waals surface area contributed by atoms with E-state index in [-0.39, 0.29) is 23.9 Å². The first-order valence-corrected chi connectivity index (χ1v) is 9.97. The smallest absolute Gasteiger partial charge is 0.231 e. The van der Waals surface area contributed by atoms with Gasteiger partial charge in [0.25, 0.3) is 0 Å². The summed E-state index contributed by atoms with van der Waals surface area (Å²) in [6.45, 7) is -0.126. The fraction of sp³-hybridized carbons (Fsp3) is 0.0833. The molecule has 0 unspecified atom stereocenters. The Hall–Kier alpha value is -3.38. The Labute approximate surface area is 182 Å². The van der Waals surface area contributed by atoms with Crippen LogP contribution in [0.3, 0.4) is 0 Å². The molecule has 5 nitrogen and oxygen atoms in total. The van der Waals surface area contributed by atoms with Gasteiger partial charge in [-0.15, -0.1) is 0 Å². The van der Waals surface area contributed by atoms with Crippen LogP contribution in [0.15, 0.2) is 77.0 Å². The van der Waals surface area contributed by atoms with Crippen LogP contribution >= 0.6 is 15.9 Å². The third-order valence-corrected chi connectivity index (χ3v) is 5.34. The van der Waals surface area contributed by atoms with Gasteiger partial charge in [-0.25, -0.2) is 0 Å². The molecule has 30 heavy (non-hydrogen) atoms. The van der Waals surface area contributed by atoms with Crippen molar-refractivity contribution in [1.29, 1.82) is 0 Å². The number of Topliss-reactive ketones (excluding diaryl/α,β-unsaturated/α-hetero) is 2. The molecule has 0 bridgehead atoms. The van der Waals surface area contributed by atoms with Crippen molar-refractivity contribution in [1.82, 2.24) is 0 Å². The van der Waals surface area contributed by atoms with E-state index in [2.05, 4.69) is 15.9 Å². The summed E-state index contributed by atoms with van der Waals surface area (Å²) >= 11 is 3.46. The van der Waals surface area contributed by atoms with Gasteiger partial charge in [0.2, 0.25) is 5.78 Å². The summed E-state index contributed by atoms with van der Waals surface area (Å²) in [4.78, 5) is 24.9. The van der Waals surface area contributed by atoms with Crippen LogP contribution in [-0.2, 0) is 0 Å². The minimum atomic E-state index is -0.193. The Kier molecular flexibility index (Phi) is 5.68. The second kappa shape index (κ2) is 8.55. The zero-order valence-electron chi connectivity index (χ0n) is 16.1. The maximum absolute atomic E-state index is 12.6. The van der Waals surface area contributed by atoms with Gasteiger partial charge in [0.05, 0.1) is 12.7 Å². The average molecular weight is 465 g/mol. The number of ether oxygens (including phenoxy) is 3. The van der Waals surface area contributed by atoms with E-state index in [9.17, 15) is 9.59 Å². The molecule has 4 rings (SSSR count). The molecule has 150 valence electrons. The predicted molar refractivity (Wildman–Crippen MR) is 116 cm³/mol. The molecule has 1 aliphatic heterocycles. The third kappa shape index (κ3) is 4.14. The molecular formula is C24H17BrO5. The first-order chi connectivity index (χ1) is 14.5. The number of carbonyl (C=O) groups excluding carboxylic acids is 2. The van der Waals surface area contributed by atoms with E-state index < -0.39 is 0 Å². The normalized spacial score (nSPS) is 13.7. The molecule has 0 spiro atoms. The Morgan fingerprint density at radius 3 is 2.50 bits per heavy atom.